The first-order chi connectivity index (χ1) is 11.9. The monoisotopic (exact) mass is 360 g/mol. The van der Waals surface area contributed by atoms with Crippen molar-refractivity contribution in [1.82, 2.24) is 0 Å². The van der Waals surface area contributed by atoms with Gasteiger partial charge in [-0.1, -0.05) is 17.9 Å². The second-order valence-corrected chi connectivity index (χ2v) is 9.21. The Bertz CT molecular complexity index is 552. The highest BCUT2D eigenvalue weighted by atomic mass is 16.7. The standard InChI is InChI=1S/C20H34B2O4/c1-17(2)18(3,4)24-21(23-17)15-13-11-9-10-12-14-16-22-25-19(5,6)20(7,8)26-22/h13,15H,9-12H2,1-8H3/b15-13+. The number of unbranched alkanes of at least 4 members (excludes halogenated alkanes) is 3. The highest BCUT2D eigenvalue weighted by molar-refractivity contribution is 6.55. The van der Waals surface area contributed by atoms with Gasteiger partial charge in [0.05, 0.1) is 22.4 Å². The molecule has 0 atom stereocenters. The maximum absolute atomic E-state index is 5.94. The van der Waals surface area contributed by atoms with Crippen LogP contribution < -0.4 is 0 Å². The maximum atomic E-state index is 5.94. The van der Waals surface area contributed by atoms with Crippen LogP contribution in [-0.4, -0.2) is 36.6 Å². The van der Waals surface area contributed by atoms with Crippen molar-refractivity contribution in [3.63, 3.8) is 0 Å². The summed E-state index contributed by atoms with van der Waals surface area (Å²) in [6.07, 6.45) is 6.15. The van der Waals surface area contributed by atoms with Gasteiger partial charge in [0.15, 0.2) is 0 Å². The van der Waals surface area contributed by atoms with Crippen molar-refractivity contribution >= 4 is 14.2 Å². The summed E-state index contributed by atoms with van der Waals surface area (Å²) in [6, 6.07) is 0. The Balaban J connectivity index is 1.63. The van der Waals surface area contributed by atoms with Gasteiger partial charge in [-0.05, 0) is 74.7 Å². The fourth-order valence-corrected chi connectivity index (χ4v) is 2.71. The number of hydrogen-bond donors (Lipinski definition) is 0. The van der Waals surface area contributed by atoms with Gasteiger partial charge < -0.3 is 18.6 Å². The molecule has 2 aliphatic heterocycles. The van der Waals surface area contributed by atoms with E-state index >= 15 is 0 Å². The Morgan fingerprint density at radius 3 is 1.77 bits per heavy atom. The first kappa shape index (κ1) is 21.6. The third-order valence-corrected chi connectivity index (χ3v) is 5.96. The van der Waals surface area contributed by atoms with E-state index in [2.05, 4.69) is 45.5 Å². The Morgan fingerprint density at radius 2 is 1.23 bits per heavy atom. The quantitative estimate of drug-likeness (QED) is 0.415. The first-order valence-electron chi connectivity index (χ1n) is 9.73. The van der Waals surface area contributed by atoms with Crippen LogP contribution >= 0.6 is 0 Å². The zero-order valence-electron chi connectivity index (χ0n) is 17.8. The van der Waals surface area contributed by atoms with Crippen molar-refractivity contribution in [3.05, 3.63) is 12.1 Å². The molecule has 0 unspecified atom stereocenters. The zero-order valence-corrected chi connectivity index (χ0v) is 17.8. The van der Waals surface area contributed by atoms with Crippen molar-refractivity contribution in [3.8, 4) is 11.7 Å². The predicted molar refractivity (Wildman–Crippen MR) is 108 cm³/mol. The summed E-state index contributed by atoms with van der Waals surface area (Å²) in [7, 11) is -0.661. The van der Waals surface area contributed by atoms with Crippen LogP contribution in [0.3, 0.4) is 0 Å². The molecule has 0 N–H and O–H groups in total. The molecule has 0 bridgehead atoms. The lowest BCUT2D eigenvalue weighted by Gasteiger charge is -2.32. The van der Waals surface area contributed by atoms with Crippen molar-refractivity contribution in [2.45, 2.75) is 103 Å². The molecule has 0 radical (unpaired) electrons. The predicted octanol–water partition coefficient (Wildman–Crippen LogP) is 4.37. The molecule has 2 saturated heterocycles. The van der Waals surface area contributed by atoms with Crippen LogP contribution in [0.1, 0.15) is 81.1 Å². The van der Waals surface area contributed by atoms with Crippen molar-refractivity contribution in [2.75, 3.05) is 0 Å². The van der Waals surface area contributed by atoms with Gasteiger partial charge in [0.1, 0.15) is 0 Å². The average Bonchev–Trinajstić information content (AvgIpc) is 2.80. The summed E-state index contributed by atoms with van der Waals surface area (Å²) >= 11 is 0. The molecule has 144 valence electrons. The van der Waals surface area contributed by atoms with Crippen LogP contribution in [0.15, 0.2) is 12.1 Å². The Labute approximate surface area is 160 Å². The lowest BCUT2D eigenvalue weighted by Crippen LogP contribution is -2.41. The van der Waals surface area contributed by atoms with E-state index in [0.717, 1.165) is 25.7 Å². The molecule has 0 aromatic rings. The number of allylic oxidation sites excluding steroid dienone is 1. The molecule has 0 saturated carbocycles. The molecule has 26 heavy (non-hydrogen) atoms. The minimum Gasteiger partial charge on any atom is -0.400 e. The Hall–Kier alpha value is -0.730. The molecule has 6 heteroatoms. The zero-order chi connectivity index (χ0) is 19.6. The minimum atomic E-state index is -0.414. The van der Waals surface area contributed by atoms with E-state index < -0.39 is 7.12 Å². The SMILES string of the molecule is CC1(C)OB(C#CCCCC/C=C/B2OC(C)(C)C(C)(C)O2)OC1(C)C. The van der Waals surface area contributed by atoms with Gasteiger partial charge >= 0.3 is 14.2 Å². The maximum Gasteiger partial charge on any atom is 0.551 e. The van der Waals surface area contributed by atoms with E-state index in [1.165, 1.54) is 0 Å². The third kappa shape index (κ3) is 4.95. The van der Waals surface area contributed by atoms with E-state index in [0.29, 0.717) is 0 Å². The summed E-state index contributed by atoms with van der Waals surface area (Å²) in [5.74, 6) is 8.30. The molecule has 0 aliphatic carbocycles. The Morgan fingerprint density at radius 1 is 0.731 bits per heavy atom. The van der Waals surface area contributed by atoms with Crippen LogP contribution in [-0.2, 0) is 18.6 Å². The molecule has 0 spiro atoms. The van der Waals surface area contributed by atoms with Gasteiger partial charge in [0.2, 0.25) is 0 Å². The minimum absolute atomic E-state index is 0.247. The van der Waals surface area contributed by atoms with Crippen LogP contribution in [0.2, 0.25) is 0 Å². The Kier molecular flexibility index (Phi) is 6.40. The van der Waals surface area contributed by atoms with E-state index in [1.807, 2.05) is 33.7 Å². The summed E-state index contributed by atoms with van der Waals surface area (Å²) in [4.78, 5) is 0. The van der Waals surface area contributed by atoms with Crippen molar-refractivity contribution < 1.29 is 18.6 Å². The summed E-state index contributed by atoms with van der Waals surface area (Å²) in [5, 5.41) is 0. The highest BCUT2D eigenvalue weighted by Crippen LogP contribution is 2.37. The molecule has 2 rings (SSSR count). The van der Waals surface area contributed by atoms with Crippen LogP contribution in [0.4, 0.5) is 0 Å². The molecule has 0 amide bonds. The van der Waals surface area contributed by atoms with Gasteiger partial charge in [-0.2, -0.15) is 0 Å². The van der Waals surface area contributed by atoms with Crippen LogP contribution in [0.5, 0.6) is 0 Å². The summed E-state index contributed by atoms with van der Waals surface area (Å²) in [6.45, 7) is 16.4. The molecule has 2 heterocycles. The molecular weight excluding hydrogens is 326 g/mol. The molecular formula is C20H34B2O4. The molecule has 4 nitrogen and oxygen atoms in total. The highest BCUT2D eigenvalue weighted by Gasteiger charge is 2.51. The van der Waals surface area contributed by atoms with E-state index in [1.54, 1.807) is 0 Å². The van der Waals surface area contributed by atoms with Gasteiger partial charge in [-0.25, -0.2) is 0 Å². The lowest BCUT2D eigenvalue weighted by molar-refractivity contribution is 0.00578. The second kappa shape index (κ2) is 7.72. The summed E-state index contributed by atoms with van der Waals surface area (Å²) < 4.78 is 23.6. The third-order valence-electron chi connectivity index (χ3n) is 5.96. The molecule has 0 aromatic heterocycles. The van der Waals surface area contributed by atoms with Crippen molar-refractivity contribution in [1.29, 1.82) is 0 Å². The van der Waals surface area contributed by atoms with Crippen LogP contribution in [0.25, 0.3) is 0 Å². The van der Waals surface area contributed by atoms with E-state index in [9.17, 15) is 0 Å². The topological polar surface area (TPSA) is 36.9 Å². The van der Waals surface area contributed by atoms with Crippen molar-refractivity contribution in [2.24, 2.45) is 0 Å². The van der Waals surface area contributed by atoms with Gasteiger partial charge in [0.25, 0.3) is 0 Å². The molecule has 2 aliphatic rings. The summed E-state index contributed by atoms with van der Waals surface area (Å²) in [5.41, 5.74) is -1.18. The average molecular weight is 360 g/mol. The number of hydrogen-bond acceptors (Lipinski definition) is 4. The second-order valence-electron chi connectivity index (χ2n) is 9.21. The normalized spacial score (nSPS) is 25.5. The fourth-order valence-electron chi connectivity index (χ4n) is 2.71. The molecule has 0 aromatic carbocycles. The smallest absolute Gasteiger partial charge is 0.400 e. The van der Waals surface area contributed by atoms with E-state index in [4.69, 9.17) is 18.6 Å². The number of rotatable bonds is 5. The van der Waals surface area contributed by atoms with E-state index in [-0.39, 0.29) is 29.5 Å². The first-order valence-corrected chi connectivity index (χ1v) is 9.73. The van der Waals surface area contributed by atoms with Crippen LogP contribution in [0, 0.1) is 11.7 Å². The lowest BCUT2D eigenvalue weighted by atomic mass is 9.89. The largest absolute Gasteiger partial charge is 0.551 e. The van der Waals surface area contributed by atoms with Gasteiger partial charge in [-0.15, -0.1) is 5.92 Å². The van der Waals surface area contributed by atoms with Gasteiger partial charge in [-0.3, -0.25) is 0 Å². The van der Waals surface area contributed by atoms with Gasteiger partial charge in [0, 0.05) is 6.42 Å². The fraction of sp³-hybridized carbons (Fsp3) is 0.800. The molecule has 2 fully saturated rings.